The monoisotopic (exact) mass is 293 g/mol. The van der Waals surface area contributed by atoms with Gasteiger partial charge in [-0.1, -0.05) is 17.7 Å². The van der Waals surface area contributed by atoms with Crippen molar-refractivity contribution in [1.29, 1.82) is 5.26 Å². The van der Waals surface area contributed by atoms with E-state index >= 15 is 0 Å². The second kappa shape index (κ2) is 8.33. The summed E-state index contributed by atoms with van der Waals surface area (Å²) >= 11 is 5.89. The van der Waals surface area contributed by atoms with Gasteiger partial charge in [0, 0.05) is 18.8 Å². The number of carbonyl (C=O) groups is 1. The maximum Gasteiger partial charge on any atom is 0.238 e. The highest BCUT2D eigenvalue weighted by molar-refractivity contribution is 6.32. The van der Waals surface area contributed by atoms with Gasteiger partial charge in [-0.3, -0.25) is 9.69 Å². The number of benzene rings is 1. The largest absolute Gasteiger partial charge is 0.395 e. The van der Waals surface area contributed by atoms with Crippen LogP contribution in [-0.2, 0) is 4.79 Å². The SMILES string of the molecule is C=CCN(CCO)CC(=O)Nc1ccc(C#N)c(Cl)c1. The molecule has 1 aromatic carbocycles. The van der Waals surface area contributed by atoms with Crippen LogP contribution in [0.1, 0.15) is 5.56 Å². The topological polar surface area (TPSA) is 76.4 Å². The van der Waals surface area contributed by atoms with Gasteiger partial charge in [0.15, 0.2) is 0 Å². The third kappa shape index (κ3) is 5.02. The molecule has 0 atom stereocenters. The molecular formula is C14H16ClN3O2. The minimum absolute atomic E-state index is 0.0240. The summed E-state index contributed by atoms with van der Waals surface area (Å²) in [6.45, 7) is 4.63. The molecule has 6 heteroatoms. The van der Waals surface area contributed by atoms with Crippen molar-refractivity contribution >= 4 is 23.2 Å². The number of hydrogen-bond donors (Lipinski definition) is 2. The maximum absolute atomic E-state index is 11.9. The minimum atomic E-state index is -0.221. The number of anilines is 1. The number of amides is 1. The Kier molecular flexibility index (Phi) is 6.74. The van der Waals surface area contributed by atoms with Crippen molar-refractivity contribution in [2.24, 2.45) is 0 Å². The van der Waals surface area contributed by atoms with Gasteiger partial charge in [0.2, 0.25) is 5.91 Å². The maximum atomic E-state index is 11.9. The Balaban J connectivity index is 2.63. The third-order valence-electron chi connectivity index (χ3n) is 2.54. The quantitative estimate of drug-likeness (QED) is 0.749. The molecule has 0 aliphatic carbocycles. The predicted octanol–water partition coefficient (Wildman–Crippen LogP) is 1.63. The number of hydrogen-bond acceptors (Lipinski definition) is 4. The van der Waals surface area contributed by atoms with Gasteiger partial charge in [0.05, 0.1) is 23.7 Å². The van der Waals surface area contributed by atoms with E-state index in [4.69, 9.17) is 22.0 Å². The Labute approximate surface area is 123 Å². The first-order chi connectivity index (χ1) is 9.60. The van der Waals surface area contributed by atoms with Crippen LogP contribution in [0.4, 0.5) is 5.69 Å². The average Bonchev–Trinajstić information content (AvgIpc) is 2.39. The average molecular weight is 294 g/mol. The van der Waals surface area contributed by atoms with Crippen LogP contribution in [0.25, 0.3) is 0 Å². The van der Waals surface area contributed by atoms with E-state index in [9.17, 15) is 4.79 Å². The van der Waals surface area contributed by atoms with Gasteiger partial charge in [-0.05, 0) is 18.2 Å². The molecule has 0 saturated carbocycles. The third-order valence-corrected chi connectivity index (χ3v) is 2.86. The summed E-state index contributed by atoms with van der Waals surface area (Å²) in [4.78, 5) is 13.6. The summed E-state index contributed by atoms with van der Waals surface area (Å²) in [6.07, 6.45) is 1.67. The fourth-order valence-corrected chi connectivity index (χ4v) is 1.87. The molecule has 106 valence electrons. The van der Waals surface area contributed by atoms with E-state index in [1.807, 2.05) is 6.07 Å². The van der Waals surface area contributed by atoms with Crippen molar-refractivity contribution in [1.82, 2.24) is 4.90 Å². The molecule has 0 fully saturated rings. The minimum Gasteiger partial charge on any atom is -0.395 e. The lowest BCUT2D eigenvalue weighted by Crippen LogP contribution is -2.35. The second-order valence-electron chi connectivity index (χ2n) is 4.10. The predicted molar refractivity (Wildman–Crippen MR) is 78.5 cm³/mol. The molecule has 1 aromatic rings. The summed E-state index contributed by atoms with van der Waals surface area (Å²) < 4.78 is 0. The summed E-state index contributed by atoms with van der Waals surface area (Å²) in [7, 11) is 0. The van der Waals surface area contributed by atoms with Crippen molar-refractivity contribution in [2.75, 3.05) is 31.6 Å². The highest BCUT2D eigenvalue weighted by Gasteiger charge is 2.10. The van der Waals surface area contributed by atoms with Crippen LogP contribution in [0.5, 0.6) is 0 Å². The number of halogens is 1. The van der Waals surface area contributed by atoms with E-state index in [0.29, 0.717) is 29.4 Å². The number of nitriles is 1. The molecule has 0 aliphatic rings. The first-order valence-corrected chi connectivity index (χ1v) is 6.42. The fraction of sp³-hybridized carbons (Fsp3) is 0.286. The van der Waals surface area contributed by atoms with E-state index < -0.39 is 0 Å². The highest BCUT2D eigenvalue weighted by atomic mass is 35.5. The van der Waals surface area contributed by atoms with Crippen LogP contribution < -0.4 is 5.32 Å². The van der Waals surface area contributed by atoms with E-state index in [0.717, 1.165) is 0 Å². The van der Waals surface area contributed by atoms with Gasteiger partial charge < -0.3 is 10.4 Å². The number of carbonyl (C=O) groups excluding carboxylic acids is 1. The summed E-state index contributed by atoms with van der Waals surface area (Å²) in [5, 5.41) is 20.7. The molecule has 0 saturated heterocycles. The Bertz CT molecular complexity index is 526. The summed E-state index contributed by atoms with van der Waals surface area (Å²) in [5.41, 5.74) is 0.889. The fourth-order valence-electron chi connectivity index (χ4n) is 1.65. The zero-order chi connectivity index (χ0) is 15.0. The Hall–Kier alpha value is -1.87. The normalized spacial score (nSPS) is 10.1. The van der Waals surface area contributed by atoms with Crippen LogP contribution in [-0.4, -0.2) is 42.2 Å². The smallest absolute Gasteiger partial charge is 0.238 e. The molecule has 0 unspecified atom stereocenters. The van der Waals surface area contributed by atoms with Crippen LogP contribution in [0.15, 0.2) is 30.9 Å². The number of nitrogens with one attached hydrogen (secondary N) is 1. The van der Waals surface area contributed by atoms with Crippen molar-refractivity contribution in [2.45, 2.75) is 0 Å². The standard InChI is InChI=1S/C14H16ClN3O2/c1-2-5-18(6-7-19)10-14(20)17-12-4-3-11(9-16)13(15)8-12/h2-4,8,19H,1,5-7,10H2,(H,17,20). The van der Waals surface area contributed by atoms with Crippen LogP contribution in [0.3, 0.4) is 0 Å². The lowest BCUT2D eigenvalue weighted by Gasteiger charge is -2.18. The zero-order valence-electron chi connectivity index (χ0n) is 11.0. The van der Waals surface area contributed by atoms with Gasteiger partial charge in [-0.25, -0.2) is 0 Å². The van der Waals surface area contributed by atoms with Gasteiger partial charge in [-0.15, -0.1) is 6.58 Å². The molecule has 1 rings (SSSR count). The van der Waals surface area contributed by atoms with E-state index in [1.165, 1.54) is 6.07 Å². The van der Waals surface area contributed by atoms with Crippen molar-refractivity contribution in [3.05, 3.63) is 41.4 Å². The molecule has 2 N–H and O–H groups in total. The van der Waals surface area contributed by atoms with Crippen molar-refractivity contribution in [3.63, 3.8) is 0 Å². The van der Waals surface area contributed by atoms with Gasteiger partial charge in [0.1, 0.15) is 6.07 Å². The molecule has 5 nitrogen and oxygen atoms in total. The van der Waals surface area contributed by atoms with Crippen molar-refractivity contribution in [3.8, 4) is 6.07 Å². The van der Waals surface area contributed by atoms with Crippen LogP contribution in [0, 0.1) is 11.3 Å². The molecule has 1 amide bonds. The van der Waals surface area contributed by atoms with Gasteiger partial charge in [0.25, 0.3) is 0 Å². The van der Waals surface area contributed by atoms with E-state index in [1.54, 1.807) is 23.1 Å². The molecule has 0 aromatic heterocycles. The lowest BCUT2D eigenvalue weighted by molar-refractivity contribution is -0.117. The molecule has 0 aliphatic heterocycles. The first-order valence-electron chi connectivity index (χ1n) is 6.04. The number of aliphatic hydroxyl groups excluding tert-OH is 1. The molecule has 0 heterocycles. The summed E-state index contributed by atoms with van der Waals surface area (Å²) in [6, 6.07) is 6.65. The molecule has 0 bridgehead atoms. The number of aliphatic hydroxyl groups is 1. The number of rotatable bonds is 7. The molecule has 0 radical (unpaired) electrons. The Morgan fingerprint density at radius 3 is 2.90 bits per heavy atom. The van der Waals surface area contributed by atoms with Crippen LogP contribution in [0.2, 0.25) is 5.02 Å². The second-order valence-corrected chi connectivity index (χ2v) is 4.51. The molecule has 20 heavy (non-hydrogen) atoms. The van der Waals surface area contributed by atoms with Gasteiger partial charge >= 0.3 is 0 Å². The Morgan fingerprint density at radius 2 is 2.35 bits per heavy atom. The highest BCUT2D eigenvalue weighted by Crippen LogP contribution is 2.20. The summed E-state index contributed by atoms with van der Waals surface area (Å²) in [5.74, 6) is -0.221. The van der Waals surface area contributed by atoms with Gasteiger partial charge in [-0.2, -0.15) is 5.26 Å². The molecular weight excluding hydrogens is 278 g/mol. The number of nitrogens with zero attached hydrogens (tertiary/aromatic N) is 2. The molecule has 0 spiro atoms. The van der Waals surface area contributed by atoms with E-state index in [2.05, 4.69) is 11.9 Å². The first kappa shape index (κ1) is 16.2. The van der Waals surface area contributed by atoms with E-state index in [-0.39, 0.29) is 19.1 Å². The van der Waals surface area contributed by atoms with Crippen molar-refractivity contribution < 1.29 is 9.90 Å². The Morgan fingerprint density at radius 1 is 1.60 bits per heavy atom. The zero-order valence-corrected chi connectivity index (χ0v) is 11.7. The van der Waals surface area contributed by atoms with Crippen LogP contribution >= 0.6 is 11.6 Å². The lowest BCUT2D eigenvalue weighted by atomic mass is 10.2.